The summed E-state index contributed by atoms with van der Waals surface area (Å²) in [6, 6.07) is 22.5. The fourth-order valence-corrected chi connectivity index (χ4v) is 4.14. The van der Waals surface area contributed by atoms with E-state index in [2.05, 4.69) is 34.9 Å². The first-order valence-corrected chi connectivity index (χ1v) is 11.2. The highest BCUT2D eigenvalue weighted by Crippen LogP contribution is 2.44. The second kappa shape index (κ2) is 10.2. The van der Waals surface area contributed by atoms with Gasteiger partial charge in [0.2, 0.25) is 5.91 Å². The fourth-order valence-electron chi connectivity index (χ4n) is 4.14. The van der Waals surface area contributed by atoms with Crippen molar-refractivity contribution in [1.82, 2.24) is 5.32 Å². The third-order valence-electron chi connectivity index (χ3n) is 5.93. The zero-order valence-corrected chi connectivity index (χ0v) is 18.8. The highest BCUT2D eigenvalue weighted by molar-refractivity contribution is 5.85. The van der Waals surface area contributed by atoms with Crippen molar-refractivity contribution in [2.75, 3.05) is 11.9 Å². The van der Waals surface area contributed by atoms with Crippen LogP contribution in [0.15, 0.2) is 72.8 Å². The molecule has 3 N–H and O–H groups in total. The average Bonchev–Trinajstić information content (AvgIpc) is 3.16. The topological polar surface area (TPSA) is 105 Å². The molecule has 3 aromatic carbocycles. The van der Waals surface area contributed by atoms with Gasteiger partial charge in [-0.25, -0.2) is 4.79 Å². The second-order valence-corrected chi connectivity index (χ2v) is 8.27. The maximum Gasteiger partial charge on any atom is 0.411 e. The lowest BCUT2D eigenvalue weighted by Gasteiger charge is -2.14. The molecule has 1 atom stereocenters. The van der Waals surface area contributed by atoms with Crippen molar-refractivity contribution in [1.29, 1.82) is 0 Å². The van der Waals surface area contributed by atoms with Gasteiger partial charge in [0.05, 0.1) is 0 Å². The Bertz CT molecular complexity index is 1160. The first kappa shape index (κ1) is 23.0. The van der Waals surface area contributed by atoms with Gasteiger partial charge in [0.1, 0.15) is 12.6 Å². The molecule has 0 saturated heterocycles. The van der Waals surface area contributed by atoms with Gasteiger partial charge in [-0.15, -0.1) is 0 Å². The van der Waals surface area contributed by atoms with Crippen LogP contribution in [0.4, 0.5) is 10.5 Å². The van der Waals surface area contributed by atoms with Crippen molar-refractivity contribution < 1.29 is 24.2 Å². The molecule has 7 nitrogen and oxygen atoms in total. The molecule has 1 aliphatic carbocycles. The van der Waals surface area contributed by atoms with Crippen LogP contribution in [0.2, 0.25) is 0 Å². The number of aliphatic carboxylic acids is 1. The molecule has 0 spiro atoms. The van der Waals surface area contributed by atoms with Crippen LogP contribution in [-0.4, -0.2) is 35.7 Å². The maximum absolute atomic E-state index is 12.4. The smallest absolute Gasteiger partial charge is 0.411 e. The number of benzene rings is 3. The normalized spacial score (nSPS) is 12.9. The van der Waals surface area contributed by atoms with E-state index < -0.39 is 18.1 Å². The van der Waals surface area contributed by atoms with Gasteiger partial charge < -0.3 is 15.2 Å². The van der Waals surface area contributed by atoms with E-state index in [4.69, 9.17) is 9.84 Å². The lowest BCUT2D eigenvalue weighted by molar-refractivity contribution is -0.141. The van der Waals surface area contributed by atoms with E-state index in [1.807, 2.05) is 36.4 Å². The lowest BCUT2D eigenvalue weighted by atomic mass is 9.98. The first-order valence-electron chi connectivity index (χ1n) is 11.2. The Kier molecular flexibility index (Phi) is 6.92. The number of carboxylic acids is 1. The Morgan fingerprint density at radius 1 is 0.912 bits per heavy atom. The van der Waals surface area contributed by atoms with Gasteiger partial charge >= 0.3 is 12.1 Å². The minimum absolute atomic E-state index is 0.00415. The van der Waals surface area contributed by atoms with Crippen LogP contribution in [0, 0.1) is 0 Å². The third kappa shape index (κ3) is 5.26. The molecule has 3 aromatic rings. The Hall–Kier alpha value is -4.13. The summed E-state index contributed by atoms with van der Waals surface area (Å²) < 4.78 is 5.56. The van der Waals surface area contributed by atoms with Gasteiger partial charge in [-0.3, -0.25) is 14.9 Å². The number of carboxylic acid groups (broad SMARTS) is 1. The standard InChI is InChI=1S/C27H26N2O5/c1-17(26(31)32)28-25(30)15-12-18-10-13-19(14-11-18)29-27(33)34-16-24-22-8-4-2-6-20(22)21-7-3-5-9-23(21)24/h2-11,13-14,17,24H,12,15-16H2,1H3,(H,28,30)(H,29,33)(H,31,32). The number of ether oxygens (including phenoxy) is 1. The number of anilines is 1. The zero-order chi connectivity index (χ0) is 24.1. The fraction of sp³-hybridized carbons (Fsp3) is 0.222. The number of hydrogen-bond acceptors (Lipinski definition) is 4. The number of carbonyl (C=O) groups excluding carboxylic acids is 2. The van der Waals surface area contributed by atoms with Gasteiger partial charge in [0, 0.05) is 18.0 Å². The molecule has 0 radical (unpaired) electrons. The SMILES string of the molecule is CC(NC(=O)CCc1ccc(NC(=O)OCC2c3ccccc3-c3ccccc32)cc1)C(=O)O. The Labute approximate surface area is 197 Å². The molecule has 4 rings (SSSR count). The molecular formula is C27H26N2O5. The average molecular weight is 459 g/mol. The summed E-state index contributed by atoms with van der Waals surface area (Å²) in [4.78, 5) is 35.1. The summed E-state index contributed by atoms with van der Waals surface area (Å²) in [5, 5.41) is 14.0. The number of carbonyl (C=O) groups is 3. The van der Waals surface area contributed by atoms with E-state index >= 15 is 0 Å². The van der Waals surface area contributed by atoms with Crippen molar-refractivity contribution in [2.45, 2.75) is 31.7 Å². The number of aryl methyl sites for hydroxylation is 1. The molecule has 0 aliphatic heterocycles. The van der Waals surface area contributed by atoms with E-state index in [0.717, 1.165) is 16.7 Å². The highest BCUT2D eigenvalue weighted by atomic mass is 16.5. The Morgan fingerprint density at radius 2 is 1.50 bits per heavy atom. The summed E-state index contributed by atoms with van der Waals surface area (Å²) in [5.41, 5.74) is 6.15. The molecule has 1 unspecified atom stereocenters. The molecule has 0 saturated carbocycles. The van der Waals surface area contributed by atoms with Crippen molar-refractivity contribution in [2.24, 2.45) is 0 Å². The monoisotopic (exact) mass is 458 g/mol. The molecule has 0 aromatic heterocycles. The summed E-state index contributed by atoms with van der Waals surface area (Å²) in [6.45, 7) is 1.66. The highest BCUT2D eigenvalue weighted by Gasteiger charge is 2.29. The molecule has 7 heteroatoms. The van der Waals surface area contributed by atoms with Crippen LogP contribution < -0.4 is 10.6 Å². The summed E-state index contributed by atoms with van der Waals surface area (Å²) in [5.74, 6) is -1.40. The number of nitrogens with one attached hydrogen (secondary N) is 2. The van der Waals surface area contributed by atoms with Crippen LogP contribution in [0.3, 0.4) is 0 Å². The van der Waals surface area contributed by atoms with E-state index in [0.29, 0.717) is 12.1 Å². The zero-order valence-electron chi connectivity index (χ0n) is 18.8. The van der Waals surface area contributed by atoms with E-state index in [1.54, 1.807) is 12.1 Å². The van der Waals surface area contributed by atoms with E-state index in [1.165, 1.54) is 18.1 Å². The maximum atomic E-state index is 12.4. The number of hydrogen-bond donors (Lipinski definition) is 3. The Morgan fingerprint density at radius 3 is 2.09 bits per heavy atom. The third-order valence-corrected chi connectivity index (χ3v) is 5.93. The van der Waals surface area contributed by atoms with Gasteiger partial charge in [-0.1, -0.05) is 60.7 Å². The molecular weight excluding hydrogens is 432 g/mol. The summed E-state index contributed by atoms with van der Waals surface area (Å²) in [6.07, 6.45) is 0.108. The van der Waals surface area contributed by atoms with Crippen LogP contribution in [0.1, 0.15) is 36.0 Å². The molecule has 1 aliphatic rings. The predicted molar refractivity (Wildman–Crippen MR) is 129 cm³/mol. The van der Waals surface area contributed by atoms with Crippen LogP contribution in [-0.2, 0) is 20.7 Å². The van der Waals surface area contributed by atoms with Crippen molar-refractivity contribution >= 4 is 23.7 Å². The molecule has 174 valence electrons. The van der Waals surface area contributed by atoms with Gasteiger partial charge in [-0.05, 0) is 53.3 Å². The molecule has 0 bridgehead atoms. The van der Waals surface area contributed by atoms with Crippen LogP contribution >= 0.6 is 0 Å². The minimum Gasteiger partial charge on any atom is -0.480 e. The lowest BCUT2D eigenvalue weighted by Crippen LogP contribution is -2.38. The predicted octanol–water partition coefficient (Wildman–Crippen LogP) is 4.57. The van der Waals surface area contributed by atoms with Gasteiger partial charge in [-0.2, -0.15) is 0 Å². The van der Waals surface area contributed by atoms with E-state index in [-0.39, 0.29) is 24.9 Å². The van der Waals surface area contributed by atoms with Crippen molar-refractivity contribution in [3.05, 3.63) is 89.5 Å². The van der Waals surface area contributed by atoms with Crippen LogP contribution in [0.25, 0.3) is 11.1 Å². The second-order valence-electron chi connectivity index (χ2n) is 8.27. The van der Waals surface area contributed by atoms with E-state index in [9.17, 15) is 14.4 Å². The van der Waals surface area contributed by atoms with Crippen molar-refractivity contribution in [3.63, 3.8) is 0 Å². The van der Waals surface area contributed by atoms with Crippen molar-refractivity contribution in [3.8, 4) is 11.1 Å². The van der Waals surface area contributed by atoms with Gasteiger partial charge in [0.15, 0.2) is 0 Å². The number of amides is 2. The molecule has 34 heavy (non-hydrogen) atoms. The Balaban J connectivity index is 1.29. The minimum atomic E-state index is -1.07. The summed E-state index contributed by atoms with van der Waals surface area (Å²) >= 11 is 0. The molecule has 2 amide bonds. The number of fused-ring (bicyclic) bond motifs is 3. The summed E-state index contributed by atoms with van der Waals surface area (Å²) in [7, 11) is 0. The molecule has 0 heterocycles. The van der Waals surface area contributed by atoms with Crippen LogP contribution in [0.5, 0.6) is 0 Å². The first-order chi connectivity index (χ1) is 16.4. The quantitative estimate of drug-likeness (QED) is 0.459. The largest absolute Gasteiger partial charge is 0.480 e. The molecule has 0 fully saturated rings. The number of rotatable bonds is 8. The van der Waals surface area contributed by atoms with Gasteiger partial charge in [0.25, 0.3) is 0 Å².